The lowest BCUT2D eigenvalue weighted by molar-refractivity contribution is -0.115. The van der Waals surface area contributed by atoms with E-state index in [4.69, 9.17) is 4.74 Å². The van der Waals surface area contributed by atoms with Crippen LogP contribution in [0.5, 0.6) is 0 Å². The van der Waals surface area contributed by atoms with Gasteiger partial charge in [-0.2, -0.15) is 0 Å². The summed E-state index contributed by atoms with van der Waals surface area (Å²) in [6.07, 6.45) is 4.45. The molecule has 0 aliphatic heterocycles. The minimum Gasteiger partial charge on any atom is -0.504 e. The molecule has 0 fully saturated rings. The molecule has 0 atom stereocenters. The highest BCUT2D eigenvalue weighted by Gasteiger charge is 2.01. The first kappa shape index (κ1) is 9.95. The molecule has 0 aromatic heterocycles. The van der Waals surface area contributed by atoms with Gasteiger partial charge in [0.25, 0.3) is 0 Å². The Bertz CT molecular complexity index is 168. The maximum atomic E-state index is 11.1. The van der Waals surface area contributed by atoms with Gasteiger partial charge < -0.3 is 4.74 Å². The number of rotatable bonds is 5. The number of hydrogen-bond donors (Lipinski definition) is 0. The van der Waals surface area contributed by atoms with Gasteiger partial charge in [0.2, 0.25) is 0 Å². The second-order valence-corrected chi connectivity index (χ2v) is 2.29. The fourth-order valence-electron chi connectivity index (χ4n) is 0.673. The zero-order valence-electron chi connectivity index (χ0n) is 7.09. The number of ether oxygens (including phenoxy) is 1. The summed E-state index contributed by atoms with van der Waals surface area (Å²) in [6, 6.07) is 0. The fraction of sp³-hybridized carbons (Fsp3) is 0.444. The average molecular weight is 154 g/mol. The Morgan fingerprint density at radius 3 is 2.73 bits per heavy atom. The summed E-state index contributed by atoms with van der Waals surface area (Å²) in [4.78, 5) is 11.1. The zero-order chi connectivity index (χ0) is 8.69. The van der Waals surface area contributed by atoms with Crippen molar-refractivity contribution in [2.45, 2.75) is 19.8 Å². The normalized spacial score (nSPS) is 10.9. The lowest BCUT2D eigenvalue weighted by Gasteiger charge is -1.97. The molecule has 0 bridgehead atoms. The summed E-state index contributed by atoms with van der Waals surface area (Å²) < 4.78 is 4.70. The van der Waals surface area contributed by atoms with E-state index in [1.165, 1.54) is 13.4 Å². The molecule has 0 N–H and O–H groups in total. The number of methoxy groups -OCH3 is 1. The Balaban J connectivity index is 3.82. The molecule has 0 saturated heterocycles. The molecule has 0 aliphatic rings. The predicted octanol–water partition coefficient (Wildman–Crippen LogP) is 2.07. The van der Waals surface area contributed by atoms with Crippen LogP contribution in [0.1, 0.15) is 19.8 Å². The number of carbonyl (C=O) groups is 1. The molecule has 0 spiro atoms. The van der Waals surface area contributed by atoms with Crippen LogP contribution in [-0.2, 0) is 9.53 Å². The molecule has 0 aliphatic carbocycles. The molecule has 0 rings (SSSR count). The summed E-state index contributed by atoms with van der Waals surface area (Å²) in [7, 11) is 1.53. The third-order valence-corrected chi connectivity index (χ3v) is 1.31. The molecule has 11 heavy (non-hydrogen) atoms. The molecule has 0 amide bonds. The molecule has 0 aromatic carbocycles. The van der Waals surface area contributed by atoms with Gasteiger partial charge in [-0.25, -0.2) is 0 Å². The lowest BCUT2D eigenvalue weighted by atomic mass is 10.1. The van der Waals surface area contributed by atoms with Crippen LogP contribution in [-0.4, -0.2) is 12.9 Å². The molecule has 2 heteroatoms. The van der Waals surface area contributed by atoms with E-state index in [0.29, 0.717) is 12.0 Å². The highest BCUT2D eigenvalue weighted by atomic mass is 16.5. The van der Waals surface area contributed by atoms with Gasteiger partial charge in [0.05, 0.1) is 13.4 Å². The molecule has 0 aromatic rings. The third-order valence-electron chi connectivity index (χ3n) is 1.31. The van der Waals surface area contributed by atoms with E-state index >= 15 is 0 Å². The van der Waals surface area contributed by atoms with Crippen LogP contribution in [0.15, 0.2) is 24.5 Å². The molecule has 0 radical (unpaired) electrons. The van der Waals surface area contributed by atoms with E-state index < -0.39 is 0 Å². The van der Waals surface area contributed by atoms with E-state index in [9.17, 15) is 4.79 Å². The molecular formula is C9H14O2. The Labute approximate surface area is 67.6 Å². The Morgan fingerprint density at radius 2 is 2.27 bits per heavy atom. The van der Waals surface area contributed by atoms with Crippen molar-refractivity contribution in [2.75, 3.05) is 7.11 Å². The molecule has 0 unspecified atom stereocenters. The van der Waals surface area contributed by atoms with Crippen molar-refractivity contribution in [3.63, 3.8) is 0 Å². The summed E-state index contributed by atoms with van der Waals surface area (Å²) >= 11 is 0. The van der Waals surface area contributed by atoms with Gasteiger partial charge >= 0.3 is 0 Å². The highest BCUT2D eigenvalue weighted by Crippen LogP contribution is 2.01. The number of carbonyl (C=O) groups excluding carboxylic acids is 1. The zero-order valence-corrected chi connectivity index (χ0v) is 7.09. The summed E-state index contributed by atoms with van der Waals surface area (Å²) in [5.74, 6) is 0.117. The van der Waals surface area contributed by atoms with Crippen molar-refractivity contribution in [1.82, 2.24) is 0 Å². The van der Waals surface area contributed by atoms with Crippen molar-refractivity contribution >= 4 is 5.78 Å². The molecule has 0 saturated carbocycles. The Kier molecular flexibility index (Phi) is 5.17. The lowest BCUT2D eigenvalue weighted by Crippen LogP contribution is -1.98. The average Bonchev–Trinajstić information content (AvgIpc) is 2.00. The van der Waals surface area contributed by atoms with Gasteiger partial charge in [0.15, 0.2) is 5.78 Å². The second kappa shape index (κ2) is 5.71. The Morgan fingerprint density at radius 1 is 1.64 bits per heavy atom. The SMILES string of the molecule is C=CCCC(=O)/C(C)=C/OC. The van der Waals surface area contributed by atoms with Crippen LogP contribution < -0.4 is 0 Å². The quantitative estimate of drug-likeness (QED) is 0.344. The van der Waals surface area contributed by atoms with Gasteiger partial charge in [-0.3, -0.25) is 4.79 Å². The van der Waals surface area contributed by atoms with E-state index in [1.807, 2.05) is 0 Å². The molecule has 62 valence electrons. The van der Waals surface area contributed by atoms with Crippen molar-refractivity contribution in [1.29, 1.82) is 0 Å². The standard InChI is InChI=1S/C9H14O2/c1-4-5-6-9(10)8(2)7-11-3/h4,7H,1,5-6H2,2-3H3/b8-7+. The number of allylic oxidation sites excluding steroid dienone is 2. The first-order chi connectivity index (χ1) is 5.22. The van der Waals surface area contributed by atoms with E-state index in [2.05, 4.69) is 6.58 Å². The summed E-state index contributed by atoms with van der Waals surface area (Å²) in [5, 5.41) is 0. The van der Waals surface area contributed by atoms with Gasteiger partial charge in [-0.1, -0.05) is 6.08 Å². The van der Waals surface area contributed by atoms with Crippen LogP contribution in [0.25, 0.3) is 0 Å². The van der Waals surface area contributed by atoms with Gasteiger partial charge in [-0.15, -0.1) is 6.58 Å². The van der Waals surface area contributed by atoms with E-state index in [1.54, 1.807) is 13.0 Å². The fourth-order valence-corrected chi connectivity index (χ4v) is 0.673. The van der Waals surface area contributed by atoms with Crippen LogP contribution in [0.3, 0.4) is 0 Å². The number of hydrogen-bond acceptors (Lipinski definition) is 2. The largest absolute Gasteiger partial charge is 0.504 e. The van der Waals surface area contributed by atoms with Crippen LogP contribution in [0.2, 0.25) is 0 Å². The topological polar surface area (TPSA) is 26.3 Å². The minimum atomic E-state index is 0.117. The maximum Gasteiger partial charge on any atom is 0.161 e. The van der Waals surface area contributed by atoms with Gasteiger partial charge in [0, 0.05) is 12.0 Å². The van der Waals surface area contributed by atoms with Crippen molar-refractivity contribution < 1.29 is 9.53 Å². The molecule has 2 nitrogen and oxygen atoms in total. The number of Topliss-reactive ketones (excluding diaryl/α,β-unsaturated/α-hetero) is 1. The van der Waals surface area contributed by atoms with Crippen molar-refractivity contribution in [2.24, 2.45) is 0 Å². The molecular weight excluding hydrogens is 140 g/mol. The third kappa shape index (κ3) is 4.37. The van der Waals surface area contributed by atoms with Gasteiger partial charge in [-0.05, 0) is 13.3 Å². The number of ketones is 1. The predicted molar refractivity (Wildman–Crippen MR) is 45.2 cm³/mol. The van der Waals surface area contributed by atoms with Crippen LogP contribution in [0, 0.1) is 0 Å². The van der Waals surface area contributed by atoms with Crippen LogP contribution in [0.4, 0.5) is 0 Å². The Hall–Kier alpha value is -1.05. The van der Waals surface area contributed by atoms with Crippen LogP contribution >= 0.6 is 0 Å². The first-order valence-electron chi connectivity index (χ1n) is 3.56. The van der Waals surface area contributed by atoms with Crippen molar-refractivity contribution in [3.05, 3.63) is 24.5 Å². The minimum absolute atomic E-state index is 0.117. The first-order valence-corrected chi connectivity index (χ1v) is 3.56. The smallest absolute Gasteiger partial charge is 0.161 e. The summed E-state index contributed by atoms with van der Waals surface area (Å²) in [5.41, 5.74) is 0.661. The van der Waals surface area contributed by atoms with E-state index in [0.717, 1.165) is 6.42 Å². The monoisotopic (exact) mass is 154 g/mol. The maximum absolute atomic E-state index is 11.1. The molecule has 0 heterocycles. The van der Waals surface area contributed by atoms with Crippen molar-refractivity contribution in [3.8, 4) is 0 Å². The van der Waals surface area contributed by atoms with Gasteiger partial charge in [0.1, 0.15) is 0 Å². The summed E-state index contributed by atoms with van der Waals surface area (Å²) in [6.45, 7) is 5.28. The second-order valence-electron chi connectivity index (χ2n) is 2.29. The highest BCUT2D eigenvalue weighted by molar-refractivity contribution is 5.94. The van der Waals surface area contributed by atoms with E-state index in [-0.39, 0.29) is 5.78 Å².